The van der Waals surface area contributed by atoms with E-state index in [-0.39, 0.29) is 29.9 Å². The van der Waals surface area contributed by atoms with Gasteiger partial charge in [-0.15, -0.1) is 0 Å². The number of aryl methyl sites for hydroxylation is 1. The lowest BCUT2D eigenvalue weighted by Gasteiger charge is -2.21. The molecule has 24 heavy (non-hydrogen) atoms. The van der Waals surface area contributed by atoms with E-state index in [0.717, 1.165) is 31.5 Å². The van der Waals surface area contributed by atoms with Crippen LogP contribution in [0.3, 0.4) is 0 Å². The summed E-state index contributed by atoms with van der Waals surface area (Å²) in [6.07, 6.45) is 3.51. The number of carbonyl (C=O) groups excluding carboxylic acids is 3. The Kier molecular flexibility index (Phi) is 5.04. The molecule has 1 aromatic carbocycles. The molecule has 1 aromatic rings. The summed E-state index contributed by atoms with van der Waals surface area (Å²) >= 11 is 1.32. The largest absolute Gasteiger partial charge is 0.341 e. The molecule has 3 rings (SSSR count). The lowest BCUT2D eigenvalue weighted by Crippen LogP contribution is -2.39. The highest BCUT2D eigenvalue weighted by molar-refractivity contribution is 8.04. The minimum atomic E-state index is -0.135. The molecule has 0 saturated carbocycles. The van der Waals surface area contributed by atoms with Crippen LogP contribution >= 0.6 is 11.8 Å². The molecule has 0 atom stereocenters. The SMILES string of the molecule is Cc1ccccc1C(=O)/C=C1\SCC(=O)N1CC(=O)N1CCCC1. The number of amides is 2. The van der Waals surface area contributed by atoms with Crippen LogP contribution in [0.1, 0.15) is 28.8 Å². The summed E-state index contributed by atoms with van der Waals surface area (Å²) in [5.41, 5.74) is 1.52. The van der Waals surface area contributed by atoms with Gasteiger partial charge >= 0.3 is 0 Å². The van der Waals surface area contributed by atoms with Crippen LogP contribution in [-0.4, -0.2) is 52.8 Å². The molecule has 5 nitrogen and oxygen atoms in total. The summed E-state index contributed by atoms with van der Waals surface area (Å²) in [5.74, 6) is -0.0157. The van der Waals surface area contributed by atoms with Crippen molar-refractivity contribution < 1.29 is 14.4 Å². The van der Waals surface area contributed by atoms with E-state index in [9.17, 15) is 14.4 Å². The van der Waals surface area contributed by atoms with Crippen molar-refractivity contribution >= 4 is 29.4 Å². The fraction of sp³-hybridized carbons (Fsp3) is 0.389. The van der Waals surface area contributed by atoms with Gasteiger partial charge in [-0.3, -0.25) is 19.3 Å². The first-order valence-electron chi connectivity index (χ1n) is 8.09. The molecule has 0 bridgehead atoms. The maximum Gasteiger partial charge on any atom is 0.242 e. The molecule has 0 aromatic heterocycles. The van der Waals surface area contributed by atoms with Gasteiger partial charge in [0.05, 0.1) is 10.8 Å². The second kappa shape index (κ2) is 7.21. The van der Waals surface area contributed by atoms with Crippen molar-refractivity contribution in [3.63, 3.8) is 0 Å². The number of hydrogen-bond acceptors (Lipinski definition) is 4. The highest BCUT2D eigenvalue weighted by atomic mass is 32.2. The molecule has 2 saturated heterocycles. The van der Waals surface area contributed by atoms with Crippen molar-refractivity contribution in [2.75, 3.05) is 25.4 Å². The molecule has 2 amide bonds. The Morgan fingerprint density at radius 1 is 1.21 bits per heavy atom. The number of benzene rings is 1. The number of ketones is 1. The van der Waals surface area contributed by atoms with E-state index in [1.165, 1.54) is 22.7 Å². The monoisotopic (exact) mass is 344 g/mol. The van der Waals surface area contributed by atoms with Gasteiger partial charge in [-0.25, -0.2) is 0 Å². The van der Waals surface area contributed by atoms with Crippen molar-refractivity contribution in [2.24, 2.45) is 0 Å². The molecule has 2 fully saturated rings. The first kappa shape index (κ1) is 16.8. The van der Waals surface area contributed by atoms with Crippen molar-refractivity contribution in [3.8, 4) is 0 Å². The average molecular weight is 344 g/mol. The summed E-state index contributed by atoms with van der Waals surface area (Å²) in [7, 11) is 0. The third-order valence-electron chi connectivity index (χ3n) is 4.33. The molecule has 0 radical (unpaired) electrons. The standard InChI is InChI=1S/C18H20N2O3S/c1-13-6-2-3-7-14(13)15(21)10-18-20(17(23)12-24-18)11-16(22)19-8-4-5-9-19/h2-3,6-7,10H,4-5,8-9,11-12H2,1H3/b18-10-. The molecule has 2 heterocycles. The van der Waals surface area contributed by atoms with Gasteiger partial charge in [0.15, 0.2) is 5.78 Å². The van der Waals surface area contributed by atoms with Crippen LogP contribution in [0.5, 0.6) is 0 Å². The first-order valence-corrected chi connectivity index (χ1v) is 9.07. The maximum absolute atomic E-state index is 12.5. The van der Waals surface area contributed by atoms with E-state index in [1.807, 2.05) is 25.1 Å². The van der Waals surface area contributed by atoms with Gasteiger partial charge in [-0.05, 0) is 25.3 Å². The molecule has 0 N–H and O–H groups in total. The van der Waals surface area contributed by atoms with Crippen LogP contribution < -0.4 is 0 Å². The van der Waals surface area contributed by atoms with Gasteiger partial charge in [0.25, 0.3) is 0 Å². The highest BCUT2D eigenvalue weighted by Gasteiger charge is 2.31. The lowest BCUT2D eigenvalue weighted by molar-refractivity contribution is -0.136. The highest BCUT2D eigenvalue weighted by Crippen LogP contribution is 2.29. The maximum atomic E-state index is 12.5. The van der Waals surface area contributed by atoms with Gasteiger partial charge in [-0.2, -0.15) is 0 Å². The minimum absolute atomic E-state index is 0.0265. The minimum Gasteiger partial charge on any atom is -0.341 e. The molecule has 126 valence electrons. The average Bonchev–Trinajstić information content (AvgIpc) is 3.20. The summed E-state index contributed by atoms with van der Waals surface area (Å²) in [4.78, 5) is 40.1. The fourth-order valence-electron chi connectivity index (χ4n) is 2.94. The summed E-state index contributed by atoms with van der Waals surface area (Å²) in [5, 5.41) is 0.570. The number of likely N-dealkylation sites (tertiary alicyclic amines) is 1. The van der Waals surface area contributed by atoms with Crippen LogP contribution in [-0.2, 0) is 9.59 Å². The zero-order valence-corrected chi connectivity index (χ0v) is 14.5. The van der Waals surface area contributed by atoms with Crippen molar-refractivity contribution in [1.29, 1.82) is 0 Å². The van der Waals surface area contributed by atoms with E-state index in [1.54, 1.807) is 11.0 Å². The Bertz CT molecular complexity index is 708. The van der Waals surface area contributed by atoms with E-state index >= 15 is 0 Å². The van der Waals surface area contributed by atoms with E-state index < -0.39 is 0 Å². The van der Waals surface area contributed by atoms with Crippen LogP contribution in [0.4, 0.5) is 0 Å². The fourth-order valence-corrected chi connectivity index (χ4v) is 3.88. The first-order chi connectivity index (χ1) is 11.6. The Morgan fingerprint density at radius 2 is 1.92 bits per heavy atom. The molecule has 6 heteroatoms. The van der Waals surface area contributed by atoms with Crippen LogP contribution in [0.25, 0.3) is 0 Å². The van der Waals surface area contributed by atoms with Crippen LogP contribution in [0, 0.1) is 6.92 Å². The Balaban J connectivity index is 1.76. The number of nitrogens with zero attached hydrogens (tertiary/aromatic N) is 2. The van der Waals surface area contributed by atoms with Gasteiger partial charge < -0.3 is 4.90 Å². The second-order valence-corrected chi connectivity index (χ2v) is 7.01. The van der Waals surface area contributed by atoms with Gasteiger partial charge in [0.1, 0.15) is 6.54 Å². The van der Waals surface area contributed by atoms with E-state index in [4.69, 9.17) is 0 Å². The zero-order valence-electron chi connectivity index (χ0n) is 13.7. The van der Waals surface area contributed by atoms with Crippen molar-refractivity contribution in [1.82, 2.24) is 9.80 Å². The van der Waals surface area contributed by atoms with E-state index in [0.29, 0.717) is 10.6 Å². The van der Waals surface area contributed by atoms with Crippen molar-refractivity contribution in [2.45, 2.75) is 19.8 Å². The number of allylic oxidation sites excluding steroid dienone is 1. The zero-order chi connectivity index (χ0) is 17.1. The van der Waals surface area contributed by atoms with Gasteiger partial charge in [-0.1, -0.05) is 36.0 Å². The van der Waals surface area contributed by atoms with Gasteiger partial charge in [0, 0.05) is 24.7 Å². The molecule has 2 aliphatic rings. The Hall–Kier alpha value is -2.08. The molecule has 0 spiro atoms. The van der Waals surface area contributed by atoms with Crippen molar-refractivity contribution in [3.05, 3.63) is 46.5 Å². The van der Waals surface area contributed by atoms with Crippen LogP contribution in [0.15, 0.2) is 35.4 Å². The molecule has 2 aliphatic heterocycles. The van der Waals surface area contributed by atoms with Gasteiger partial charge in [0.2, 0.25) is 11.8 Å². The lowest BCUT2D eigenvalue weighted by atomic mass is 10.1. The molecular weight excluding hydrogens is 324 g/mol. The van der Waals surface area contributed by atoms with E-state index in [2.05, 4.69) is 0 Å². The predicted molar refractivity (Wildman–Crippen MR) is 93.6 cm³/mol. The summed E-state index contributed by atoms with van der Waals surface area (Å²) in [6, 6.07) is 7.36. The number of carbonyl (C=O) groups is 3. The quantitative estimate of drug-likeness (QED) is 0.621. The molecule has 0 unspecified atom stereocenters. The normalized spacial score (nSPS) is 19.4. The molecule has 0 aliphatic carbocycles. The Morgan fingerprint density at radius 3 is 2.62 bits per heavy atom. The number of rotatable bonds is 4. The smallest absolute Gasteiger partial charge is 0.242 e. The third kappa shape index (κ3) is 3.53. The summed E-state index contributed by atoms with van der Waals surface area (Å²) in [6.45, 7) is 3.43. The number of thioether (sulfide) groups is 1. The molecular formula is C18H20N2O3S. The number of hydrogen-bond donors (Lipinski definition) is 0. The van der Waals surface area contributed by atoms with Crippen LogP contribution in [0.2, 0.25) is 0 Å². The topological polar surface area (TPSA) is 57.7 Å². The Labute approximate surface area is 145 Å². The summed E-state index contributed by atoms with van der Waals surface area (Å²) < 4.78 is 0. The second-order valence-electron chi connectivity index (χ2n) is 6.02. The third-order valence-corrected chi connectivity index (χ3v) is 5.35. The predicted octanol–water partition coefficient (Wildman–Crippen LogP) is 2.22.